The summed E-state index contributed by atoms with van der Waals surface area (Å²) in [6.45, 7) is 5.25. The number of hydrogen-bond acceptors (Lipinski definition) is 7. The van der Waals surface area contributed by atoms with Crippen LogP contribution in [0.2, 0.25) is 0 Å². The Morgan fingerprint density at radius 1 is 1.26 bits per heavy atom. The first kappa shape index (κ1) is 17.3. The maximum Gasteiger partial charge on any atom is 0.191 e. The first-order chi connectivity index (χ1) is 10.9. The quantitative estimate of drug-likeness (QED) is 0.450. The lowest BCUT2D eigenvalue weighted by Gasteiger charge is -2.08. The zero-order valence-electron chi connectivity index (χ0n) is 13.5. The van der Waals surface area contributed by atoms with Gasteiger partial charge in [0.05, 0.1) is 12.4 Å². The van der Waals surface area contributed by atoms with Crippen LogP contribution < -0.4 is 11.5 Å². The molecule has 7 nitrogen and oxygen atoms in total. The minimum atomic E-state index is 0.0244. The Balaban J connectivity index is 2.09. The Labute approximate surface area is 139 Å². The first-order valence-electron chi connectivity index (χ1n) is 7.14. The third-order valence-corrected chi connectivity index (χ3v) is 4.32. The lowest BCUT2D eigenvalue weighted by atomic mass is 10.2. The van der Waals surface area contributed by atoms with Crippen LogP contribution in [0.15, 0.2) is 17.3 Å². The van der Waals surface area contributed by atoms with Crippen LogP contribution in [0.4, 0.5) is 11.6 Å². The van der Waals surface area contributed by atoms with E-state index in [0.717, 1.165) is 17.9 Å². The van der Waals surface area contributed by atoms with Crippen LogP contribution in [0.1, 0.15) is 21.7 Å². The fraction of sp³-hybridized carbons (Fsp3) is 0.400. The van der Waals surface area contributed by atoms with E-state index in [1.165, 1.54) is 17.8 Å². The van der Waals surface area contributed by atoms with Crippen LogP contribution in [0, 0.1) is 13.8 Å². The summed E-state index contributed by atoms with van der Waals surface area (Å²) in [6.07, 6.45) is 0. The number of rotatable bonds is 7. The SMILES string of the molecule is COCCn1c(C)cc(C(=O)CSc2nc(N)cc(N)n2)c1C. The summed E-state index contributed by atoms with van der Waals surface area (Å²) in [5.74, 6) is 0.851. The van der Waals surface area contributed by atoms with Crippen molar-refractivity contribution in [3.05, 3.63) is 29.1 Å². The normalized spacial score (nSPS) is 10.9. The molecule has 0 unspecified atom stereocenters. The van der Waals surface area contributed by atoms with Crippen molar-refractivity contribution in [3.63, 3.8) is 0 Å². The summed E-state index contributed by atoms with van der Waals surface area (Å²) in [5, 5.41) is 0.407. The van der Waals surface area contributed by atoms with Crippen LogP contribution in [0.3, 0.4) is 0 Å². The van der Waals surface area contributed by atoms with Gasteiger partial charge in [-0.3, -0.25) is 4.79 Å². The van der Waals surface area contributed by atoms with Crippen molar-refractivity contribution in [2.45, 2.75) is 25.5 Å². The Morgan fingerprint density at radius 3 is 2.52 bits per heavy atom. The summed E-state index contributed by atoms with van der Waals surface area (Å²) in [4.78, 5) is 20.6. The van der Waals surface area contributed by atoms with Gasteiger partial charge in [0.25, 0.3) is 0 Å². The smallest absolute Gasteiger partial charge is 0.191 e. The van der Waals surface area contributed by atoms with Crippen LogP contribution in [-0.4, -0.2) is 39.8 Å². The van der Waals surface area contributed by atoms with Gasteiger partial charge in [-0.05, 0) is 19.9 Å². The Morgan fingerprint density at radius 2 is 1.91 bits per heavy atom. The lowest BCUT2D eigenvalue weighted by molar-refractivity contribution is 0.102. The predicted molar refractivity (Wildman–Crippen MR) is 91.7 cm³/mol. The Bertz CT molecular complexity index is 694. The number of methoxy groups -OCH3 is 1. The molecule has 0 radical (unpaired) electrons. The average Bonchev–Trinajstić information content (AvgIpc) is 2.77. The molecule has 2 aromatic rings. The predicted octanol–water partition coefficient (Wildman–Crippen LogP) is 1.68. The second kappa shape index (κ2) is 7.47. The number of aromatic nitrogens is 3. The molecule has 0 fully saturated rings. The van der Waals surface area contributed by atoms with Crippen molar-refractivity contribution in [2.24, 2.45) is 0 Å². The molecular formula is C15H21N5O2S. The molecular weight excluding hydrogens is 314 g/mol. The second-order valence-corrected chi connectivity index (χ2v) is 6.08. The standard InChI is InChI=1S/C15H21N5O2S/c1-9-6-11(10(2)20(9)4-5-22-3)12(21)8-23-15-18-13(16)7-14(17)19-15/h6-7H,4-5,8H2,1-3H3,(H4,16,17,18,19). The maximum absolute atomic E-state index is 12.5. The number of hydrogen-bond donors (Lipinski definition) is 2. The summed E-state index contributed by atoms with van der Waals surface area (Å²) >= 11 is 1.23. The van der Waals surface area contributed by atoms with Gasteiger partial charge in [0, 0.05) is 36.7 Å². The summed E-state index contributed by atoms with van der Waals surface area (Å²) in [5.41, 5.74) is 13.9. The van der Waals surface area contributed by atoms with Crippen molar-refractivity contribution in [1.82, 2.24) is 14.5 Å². The molecule has 0 saturated heterocycles. The van der Waals surface area contributed by atoms with Gasteiger partial charge >= 0.3 is 0 Å². The van der Waals surface area contributed by atoms with Crippen molar-refractivity contribution in [1.29, 1.82) is 0 Å². The van der Waals surface area contributed by atoms with E-state index in [-0.39, 0.29) is 11.5 Å². The molecule has 124 valence electrons. The van der Waals surface area contributed by atoms with Gasteiger partial charge in [0.2, 0.25) is 0 Å². The molecule has 2 heterocycles. The number of carbonyl (C=O) groups excluding carboxylic acids is 1. The fourth-order valence-corrected chi connectivity index (χ4v) is 3.10. The third kappa shape index (κ3) is 4.23. The molecule has 4 N–H and O–H groups in total. The molecule has 0 atom stereocenters. The third-order valence-electron chi connectivity index (χ3n) is 3.47. The maximum atomic E-state index is 12.5. The number of ether oxygens (including phenoxy) is 1. The Kier molecular flexibility index (Phi) is 5.62. The van der Waals surface area contributed by atoms with E-state index >= 15 is 0 Å². The highest BCUT2D eigenvalue weighted by atomic mass is 32.2. The molecule has 0 saturated carbocycles. The Hall–Kier alpha value is -2.06. The van der Waals surface area contributed by atoms with E-state index in [0.29, 0.717) is 29.0 Å². The summed E-state index contributed by atoms with van der Waals surface area (Å²) in [7, 11) is 1.66. The van der Waals surface area contributed by atoms with Gasteiger partial charge in [0.15, 0.2) is 10.9 Å². The van der Waals surface area contributed by atoms with Crippen LogP contribution in [-0.2, 0) is 11.3 Å². The number of thioether (sulfide) groups is 1. The van der Waals surface area contributed by atoms with Gasteiger partial charge in [0.1, 0.15) is 11.6 Å². The fourth-order valence-electron chi connectivity index (χ4n) is 2.34. The minimum absolute atomic E-state index is 0.0244. The monoisotopic (exact) mass is 335 g/mol. The average molecular weight is 335 g/mol. The van der Waals surface area contributed by atoms with Crippen molar-refractivity contribution in [2.75, 3.05) is 30.9 Å². The number of aryl methyl sites for hydroxylation is 1. The van der Waals surface area contributed by atoms with Gasteiger partial charge in [-0.1, -0.05) is 11.8 Å². The molecule has 8 heteroatoms. The largest absolute Gasteiger partial charge is 0.383 e. The topological polar surface area (TPSA) is 109 Å². The first-order valence-corrected chi connectivity index (χ1v) is 8.12. The van der Waals surface area contributed by atoms with Crippen LogP contribution >= 0.6 is 11.8 Å². The van der Waals surface area contributed by atoms with Crippen molar-refractivity contribution < 1.29 is 9.53 Å². The van der Waals surface area contributed by atoms with Gasteiger partial charge in [-0.15, -0.1) is 0 Å². The number of ketones is 1. The van der Waals surface area contributed by atoms with Crippen molar-refractivity contribution in [3.8, 4) is 0 Å². The van der Waals surface area contributed by atoms with Crippen LogP contribution in [0.5, 0.6) is 0 Å². The van der Waals surface area contributed by atoms with Gasteiger partial charge in [-0.25, -0.2) is 9.97 Å². The summed E-state index contributed by atoms with van der Waals surface area (Å²) in [6, 6.07) is 3.39. The highest BCUT2D eigenvalue weighted by Gasteiger charge is 2.16. The molecule has 2 aromatic heterocycles. The highest BCUT2D eigenvalue weighted by molar-refractivity contribution is 7.99. The molecule has 0 spiro atoms. The van der Waals surface area contributed by atoms with E-state index in [9.17, 15) is 4.79 Å². The van der Waals surface area contributed by atoms with Gasteiger partial charge < -0.3 is 20.8 Å². The lowest BCUT2D eigenvalue weighted by Crippen LogP contribution is -2.10. The number of nitrogens with two attached hydrogens (primary N) is 2. The van der Waals surface area contributed by atoms with E-state index in [2.05, 4.69) is 14.5 Å². The molecule has 0 aliphatic rings. The number of carbonyl (C=O) groups is 1. The molecule has 23 heavy (non-hydrogen) atoms. The zero-order valence-corrected chi connectivity index (χ0v) is 14.3. The minimum Gasteiger partial charge on any atom is -0.383 e. The molecule has 0 aliphatic carbocycles. The highest BCUT2D eigenvalue weighted by Crippen LogP contribution is 2.21. The molecule has 2 rings (SSSR count). The van der Waals surface area contributed by atoms with E-state index in [4.69, 9.17) is 16.2 Å². The molecule has 0 aliphatic heterocycles. The number of Topliss-reactive ketones (excluding diaryl/α,β-unsaturated/α-hetero) is 1. The molecule has 0 aromatic carbocycles. The van der Waals surface area contributed by atoms with E-state index in [1.807, 2.05) is 19.9 Å². The zero-order chi connectivity index (χ0) is 17.0. The summed E-state index contributed by atoms with van der Waals surface area (Å²) < 4.78 is 7.18. The van der Waals surface area contributed by atoms with E-state index in [1.54, 1.807) is 7.11 Å². The van der Waals surface area contributed by atoms with E-state index < -0.39 is 0 Å². The van der Waals surface area contributed by atoms with Gasteiger partial charge in [-0.2, -0.15) is 0 Å². The second-order valence-electron chi connectivity index (χ2n) is 5.14. The number of nitrogen functional groups attached to an aromatic ring is 2. The van der Waals surface area contributed by atoms with Crippen LogP contribution in [0.25, 0.3) is 0 Å². The molecule has 0 bridgehead atoms. The number of nitrogens with zero attached hydrogens (tertiary/aromatic N) is 3. The van der Waals surface area contributed by atoms with Crippen molar-refractivity contribution >= 4 is 29.2 Å². The number of anilines is 2. The molecule has 0 amide bonds.